The maximum Gasteiger partial charge on any atom is 0.262 e. The van der Waals surface area contributed by atoms with Crippen LogP contribution in [0.2, 0.25) is 0 Å². The highest BCUT2D eigenvalue weighted by atomic mass is 32.2. The fourth-order valence-corrected chi connectivity index (χ4v) is 2.95. The minimum Gasteiger partial charge on any atom is -0.396 e. The number of hydrogen-bond acceptors (Lipinski definition) is 5. The Morgan fingerprint density at radius 3 is 2.76 bits per heavy atom. The van der Waals surface area contributed by atoms with Gasteiger partial charge in [0.1, 0.15) is 0 Å². The van der Waals surface area contributed by atoms with Gasteiger partial charge in [0.15, 0.2) is 5.03 Å². The molecule has 7 heteroatoms. The number of aromatic nitrogens is 1. The summed E-state index contributed by atoms with van der Waals surface area (Å²) in [5.74, 6) is 0. The first-order chi connectivity index (χ1) is 8.04. The van der Waals surface area contributed by atoms with E-state index in [0.717, 1.165) is 0 Å². The molecule has 0 saturated carbocycles. The molecule has 0 aliphatic rings. The maximum absolute atomic E-state index is 12.2. The lowest BCUT2D eigenvalue weighted by Crippen LogP contribution is -2.33. The monoisotopic (exact) mass is 259 g/mol. The van der Waals surface area contributed by atoms with E-state index in [2.05, 4.69) is 4.98 Å². The van der Waals surface area contributed by atoms with Crippen molar-refractivity contribution < 1.29 is 13.5 Å². The van der Waals surface area contributed by atoms with Crippen molar-refractivity contribution in [1.29, 1.82) is 0 Å². The van der Waals surface area contributed by atoms with Crippen molar-refractivity contribution in [2.24, 2.45) is 0 Å². The third-order valence-electron chi connectivity index (χ3n) is 2.30. The molecule has 0 atom stereocenters. The van der Waals surface area contributed by atoms with E-state index in [1.165, 1.54) is 16.6 Å². The van der Waals surface area contributed by atoms with Gasteiger partial charge in [0.05, 0.1) is 5.69 Å². The van der Waals surface area contributed by atoms with Crippen LogP contribution < -0.4 is 5.73 Å². The van der Waals surface area contributed by atoms with Crippen LogP contribution in [0, 0.1) is 0 Å². The van der Waals surface area contributed by atoms with Gasteiger partial charge in [-0.2, -0.15) is 4.31 Å². The molecule has 1 heterocycles. The molecule has 0 amide bonds. The molecule has 1 rings (SSSR count). The highest BCUT2D eigenvalue weighted by Gasteiger charge is 2.25. The molecule has 0 saturated heterocycles. The molecule has 0 aromatic carbocycles. The Kier molecular flexibility index (Phi) is 4.86. The Hall–Kier alpha value is -1.18. The van der Waals surface area contributed by atoms with E-state index in [-0.39, 0.29) is 23.9 Å². The Bertz CT molecular complexity index is 462. The lowest BCUT2D eigenvalue weighted by atomic mass is 10.4. The second-order valence-corrected chi connectivity index (χ2v) is 5.32. The standard InChI is InChI=1S/C10H17N3O3S/c1-2-13(7-4-8-14)17(15,16)10-9(11)5-3-6-12-10/h3,5-6,14H,2,4,7-8,11H2,1H3. The van der Waals surface area contributed by atoms with E-state index >= 15 is 0 Å². The first-order valence-corrected chi connectivity index (χ1v) is 6.79. The quantitative estimate of drug-likeness (QED) is 0.753. The average molecular weight is 259 g/mol. The molecule has 0 aliphatic carbocycles. The summed E-state index contributed by atoms with van der Waals surface area (Å²) in [6, 6.07) is 3.08. The molecular formula is C10H17N3O3S. The lowest BCUT2D eigenvalue weighted by molar-refractivity contribution is 0.271. The van der Waals surface area contributed by atoms with Crippen LogP contribution in [0.3, 0.4) is 0 Å². The van der Waals surface area contributed by atoms with Crippen molar-refractivity contribution in [3.63, 3.8) is 0 Å². The molecule has 96 valence electrons. The predicted molar refractivity (Wildman–Crippen MR) is 64.8 cm³/mol. The lowest BCUT2D eigenvalue weighted by Gasteiger charge is -2.20. The third kappa shape index (κ3) is 3.15. The molecular weight excluding hydrogens is 242 g/mol. The molecule has 3 N–H and O–H groups in total. The number of nitrogens with zero attached hydrogens (tertiary/aromatic N) is 2. The van der Waals surface area contributed by atoms with Crippen LogP contribution in [0.5, 0.6) is 0 Å². The molecule has 1 aromatic rings. The number of nitrogens with two attached hydrogens (primary N) is 1. The zero-order valence-electron chi connectivity index (χ0n) is 9.70. The van der Waals surface area contributed by atoms with Crippen LogP contribution in [0.4, 0.5) is 5.69 Å². The number of nitrogen functional groups attached to an aromatic ring is 1. The van der Waals surface area contributed by atoms with Gasteiger partial charge in [-0.1, -0.05) is 6.92 Å². The van der Waals surface area contributed by atoms with Gasteiger partial charge in [0, 0.05) is 25.9 Å². The highest BCUT2D eigenvalue weighted by Crippen LogP contribution is 2.19. The summed E-state index contributed by atoms with van der Waals surface area (Å²) in [6.07, 6.45) is 1.78. The first-order valence-electron chi connectivity index (χ1n) is 5.35. The zero-order chi connectivity index (χ0) is 12.9. The normalized spacial score (nSPS) is 11.9. The minimum atomic E-state index is -3.67. The van der Waals surface area contributed by atoms with Crippen LogP contribution in [-0.2, 0) is 10.0 Å². The van der Waals surface area contributed by atoms with Crippen LogP contribution in [0.15, 0.2) is 23.4 Å². The molecule has 0 radical (unpaired) electrons. The van der Waals surface area contributed by atoms with Gasteiger partial charge in [0.2, 0.25) is 0 Å². The summed E-state index contributed by atoms with van der Waals surface area (Å²) in [4.78, 5) is 3.81. The fourth-order valence-electron chi connectivity index (χ4n) is 1.44. The van der Waals surface area contributed by atoms with Crippen molar-refractivity contribution in [2.75, 3.05) is 25.4 Å². The van der Waals surface area contributed by atoms with Gasteiger partial charge in [0.25, 0.3) is 10.0 Å². The molecule has 0 unspecified atom stereocenters. The van der Waals surface area contributed by atoms with Gasteiger partial charge >= 0.3 is 0 Å². The summed E-state index contributed by atoms with van der Waals surface area (Å²) in [5.41, 5.74) is 5.74. The SMILES string of the molecule is CCN(CCCO)S(=O)(=O)c1ncccc1N. The van der Waals surface area contributed by atoms with Gasteiger partial charge in [-0.25, -0.2) is 13.4 Å². The number of pyridine rings is 1. The summed E-state index contributed by atoms with van der Waals surface area (Å²) in [6.45, 7) is 2.25. The molecule has 6 nitrogen and oxygen atoms in total. The van der Waals surface area contributed by atoms with Crippen molar-refractivity contribution in [1.82, 2.24) is 9.29 Å². The molecule has 17 heavy (non-hydrogen) atoms. The summed E-state index contributed by atoms with van der Waals surface area (Å²) >= 11 is 0. The van der Waals surface area contributed by atoms with Gasteiger partial charge in [-0.05, 0) is 18.6 Å². The van der Waals surface area contributed by atoms with Crippen molar-refractivity contribution in [3.8, 4) is 0 Å². The molecule has 0 spiro atoms. The van der Waals surface area contributed by atoms with E-state index < -0.39 is 10.0 Å². The van der Waals surface area contributed by atoms with Gasteiger partial charge in [-0.3, -0.25) is 0 Å². The average Bonchev–Trinajstić information content (AvgIpc) is 2.30. The molecule has 0 bridgehead atoms. The van der Waals surface area contributed by atoms with Crippen LogP contribution in [-0.4, -0.2) is 42.5 Å². The van der Waals surface area contributed by atoms with Crippen LogP contribution in [0.1, 0.15) is 13.3 Å². The van der Waals surface area contributed by atoms with E-state index in [0.29, 0.717) is 13.0 Å². The summed E-state index contributed by atoms with van der Waals surface area (Å²) in [7, 11) is -3.67. The second kappa shape index (κ2) is 5.95. The van der Waals surface area contributed by atoms with E-state index in [1.807, 2.05) is 0 Å². The number of aliphatic hydroxyl groups is 1. The largest absolute Gasteiger partial charge is 0.396 e. The molecule has 0 aliphatic heterocycles. The Labute approximate surface area is 101 Å². The number of anilines is 1. The van der Waals surface area contributed by atoms with Crippen molar-refractivity contribution in [3.05, 3.63) is 18.3 Å². The Balaban J connectivity index is 3.05. The first kappa shape index (κ1) is 13.9. The van der Waals surface area contributed by atoms with E-state index in [1.54, 1.807) is 13.0 Å². The Morgan fingerprint density at radius 2 is 2.24 bits per heavy atom. The second-order valence-electron chi connectivity index (χ2n) is 3.47. The maximum atomic E-state index is 12.2. The van der Waals surface area contributed by atoms with Crippen molar-refractivity contribution >= 4 is 15.7 Å². The zero-order valence-corrected chi connectivity index (χ0v) is 10.5. The van der Waals surface area contributed by atoms with Crippen LogP contribution in [0.25, 0.3) is 0 Å². The van der Waals surface area contributed by atoms with Gasteiger partial charge in [-0.15, -0.1) is 0 Å². The van der Waals surface area contributed by atoms with Gasteiger partial charge < -0.3 is 10.8 Å². The summed E-state index contributed by atoms with van der Waals surface area (Å²) < 4.78 is 25.6. The van der Waals surface area contributed by atoms with Crippen LogP contribution >= 0.6 is 0 Å². The van der Waals surface area contributed by atoms with Crippen molar-refractivity contribution in [2.45, 2.75) is 18.4 Å². The minimum absolute atomic E-state index is 0.0519. The Morgan fingerprint density at radius 1 is 1.53 bits per heavy atom. The molecule has 0 fully saturated rings. The van der Waals surface area contributed by atoms with E-state index in [4.69, 9.17) is 10.8 Å². The fraction of sp³-hybridized carbons (Fsp3) is 0.500. The number of sulfonamides is 1. The number of rotatable bonds is 6. The number of hydrogen-bond donors (Lipinski definition) is 2. The summed E-state index contributed by atoms with van der Waals surface area (Å²) in [5, 5.41) is 8.61. The highest BCUT2D eigenvalue weighted by molar-refractivity contribution is 7.89. The predicted octanol–water partition coefficient (Wildman–Crippen LogP) is 0.0568. The van der Waals surface area contributed by atoms with E-state index in [9.17, 15) is 8.42 Å². The molecule has 1 aromatic heterocycles. The smallest absolute Gasteiger partial charge is 0.262 e. The topological polar surface area (TPSA) is 96.5 Å². The number of aliphatic hydroxyl groups excluding tert-OH is 1. The third-order valence-corrected chi connectivity index (χ3v) is 4.25.